The molecule has 1 aliphatic carbocycles. The maximum absolute atomic E-state index is 14.0. The number of aliphatic hydroxyl groups excluding tert-OH is 7. The second-order valence-corrected chi connectivity index (χ2v) is 17.0. The van der Waals surface area contributed by atoms with Gasteiger partial charge in [-0.15, -0.1) is 0 Å². The summed E-state index contributed by atoms with van der Waals surface area (Å²) in [5.74, 6) is -0.863. The summed E-state index contributed by atoms with van der Waals surface area (Å²) in [5.41, 5.74) is 0.289. The summed E-state index contributed by atoms with van der Waals surface area (Å²) in [6.45, 7) is -1.55. The Balaban J connectivity index is 1.08. The number of ether oxygens (including phenoxy) is 3. The highest BCUT2D eigenvalue weighted by atomic mass is 32.2. The summed E-state index contributed by atoms with van der Waals surface area (Å²) in [5, 5.41) is 83.8. The van der Waals surface area contributed by atoms with Gasteiger partial charge in [0.05, 0.1) is 40.9 Å². The van der Waals surface area contributed by atoms with Crippen LogP contribution in [0.1, 0.15) is 42.9 Å². The van der Waals surface area contributed by atoms with Crippen LogP contribution in [0.4, 0.5) is 5.69 Å². The Kier molecular flexibility index (Phi) is 11.3. The second kappa shape index (κ2) is 15.5. The average Bonchev–Trinajstić information content (AvgIpc) is 3.20. The minimum atomic E-state index is -4.20. The Morgan fingerprint density at radius 2 is 1.27 bits per heavy atom. The number of hydrogen-bond donors (Lipinski definition) is 8. The van der Waals surface area contributed by atoms with Crippen molar-refractivity contribution < 1.29 is 68.3 Å². The van der Waals surface area contributed by atoms with E-state index < -0.39 is 107 Å². The largest absolute Gasteiger partial charge is 0.394 e. The summed E-state index contributed by atoms with van der Waals surface area (Å²) in [4.78, 5) is 15.6. The Bertz CT molecular complexity index is 1890. The molecule has 4 fully saturated rings. The number of aliphatic hydroxyl groups is 8. The SMILES string of the molecule is O=C1N(c2ccccc2)[C@H](c2ccc(S(=O)(=O)C[C@@H]3OC(CO)[C@H](O[C@@H]4OC(CO)[C@H](O)[C@H](O)C4O)[C@H](O)C3O)cc2)C12CCC(O)(c1ccccc1)CC2. The van der Waals surface area contributed by atoms with Crippen LogP contribution in [-0.2, 0) is 34.4 Å². The number of nitrogens with zero attached hydrogens (tertiary/aromatic N) is 1. The summed E-state index contributed by atoms with van der Waals surface area (Å²) < 4.78 is 44.1. The Morgan fingerprint density at radius 1 is 0.691 bits per heavy atom. The van der Waals surface area contributed by atoms with Crippen molar-refractivity contribution in [2.75, 3.05) is 23.9 Å². The molecule has 11 atom stereocenters. The van der Waals surface area contributed by atoms with Crippen molar-refractivity contribution in [2.24, 2.45) is 5.41 Å². The number of rotatable bonds is 10. The van der Waals surface area contributed by atoms with E-state index in [1.54, 1.807) is 17.0 Å². The lowest BCUT2D eigenvalue weighted by molar-refractivity contribution is -0.341. The lowest BCUT2D eigenvalue weighted by Crippen LogP contribution is -2.65. The predicted molar refractivity (Wildman–Crippen MR) is 193 cm³/mol. The fourth-order valence-corrected chi connectivity index (χ4v) is 10.0. The van der Waals surface area contributed by atoms with Crippen LogP contribution in [0.5, 0.6) is 0 Å². The third-order valence-electron chi connectivity index (χ3n) is 11.8. The molecule has 1 amide bonds. The molecule has 3 saturated heterocycles. The second-order valence-electron chi connectivity index (χ2n) is 15.0. The van der Waals surface area contributed by atoms with Crippen molar-refractivity contribution in [2.45, 2.75) is 103 Å². The van der Waals surface area contributed by atoms with Gasteiger partial charge in [-0.3, -0.25) is 4.79 Å². The van der Waals surface area contributed by atoms with Crippen molar-refractivity contribution in [1.82, 2.24) is 0 Å². The van der Waals surface area contributed by atoms with Crippen LogP contribution in [0.2, 0.25) is 0 Å². The molecular formula is C39H47NO14S. The summed E-state index contributed by atoms with van der Waals surface area (Å²) in [6, 6.07) is 24.2. The van der Waals surface area contributed by atoms with Gasteiger partial charge in [0.25, 0.3) is 0 Å². The number of para-hydroxylation sites is 1. The van der Waals surface area contributed by atoms with Crippen LogP contribution in [0.3, 0.4) is 0 Å². The summed E-state index contributed by atoms with van der Waals surface area (Å²) >= 11 is 0. The fourth-order valence-electron chi connectivity index (χ4n) is 8.59. The van der Waals surface area contributed by atoms with E-state index in [1.165, 1.54) is 12.1 Å². The average molecular weight is 786 g/mol. The first-order valence-corrected chi connectivity index (χ1v) is 20.0. The zero-order chi connectivity index (χ0) is 39.3. The number of amides is 1. The van der Waals surface area contributed by atoms with Gasteiger partial charge in [0, 0.05) is 5.69 Å². The first kappa shape index (κ1) is 39.9. The maximum atomic E-state index is 14.0. The van der Waals surface area contributed by atoms with E-state index in [9.17, 15) is 54.1 Å². The molecule has 4 unspecified atom stereocenters. The van der Waals surface area contributed by atoms with Crippen LogP contribution in [0.25, 0.3) is 0 Å². The van der Waals surface area contributed by atoms with Gasteiger partial charge in [-0.25, -0.2) is 8.42 Å². The zero-order valence-electron chi connectivity index (χ0n) is 29.8. The molecule has 55 heavy (non-hydrogen) atoms. The topological polar surface area (TPSA) is 244 Å². The molecule has 16 heteroatoms. The molecule has 3 heterocycles. The summed E-state index contributed by atoms with van der Waals surface area (Å²) in [7, 11) is -4.20. The van der Waals surface area contributed by atoms with Crippen molar-refractivity contribution >= 4 is 21.4 Å². The molecule has 1 spiro atoms. The van der Waals surface area contributed by atoms with Gasteiger partial charge in [0.15, 0.2) is 16.1 Å². The quantitative estimate of drug-likeness (QED) is 0.123. The van der Waals surface area contributed by atoms with Crippen LogP contribution in [-0.4, -0.2) is 135 Å². The number of sulfone groups is 1. The van der Waals surface area contributed by atoms with E-state index in [4.69, 9.17) is 14.2 Å². The van der Waals surface area contributed by atoms with Gasteiger partial charge in [0.2, 0.25) is 5.91 Å². The molecule has 3 aromatic rings. The minimum Gasteiger partial charge on any atom is -0.394 e. The monoisotopic (exact) mass is 785 g/mol. The maximum Gasteiger partial charge on any atom is 0.236 e. The lowest BCUT2D eigenvalue weighted by atomic mass is 9.56. The first-order valence-electron chi connectivity index (χ1n) is 18.3. The van der Waals surface area contributed by atoms with Gasteiger partial charge in [-0.05, 0) is 61.1 Å². The molecule has 0 bridgehead atoms. The number of benzene rings is 3. The number of β-lactam (4-membered cyclic amide) rings is 1. The minimum absolute atomic E-state index is 0.0650. The molecule has 298 valence electrons. The molecule has 3 aromatic carbocycles. The number of carbonyl (C=O) groups excluding carboxylic acids is 1. The van der Waals surface area contributed by atoms with Crippen LogP contribution >= 0.6 is 0 Å². The highest BCUT2D eigenvalue weighted by Gasteiger charge is 2.63. The van der Waals surface area contributed by atoms with E-state index in [0.717, 1.165) is 5.56 Å². The van der Waals surface area contributed by atoms with E-state index >= 15 is 0 Å². The molecule has 3 aliphatic heterocycles. The highest BCUT2D eigenvalue weighted by Crippen LogP contribution is 2.61. The van der Waals surface area contributed by atoms with Crippen LogP contribution in [0.15, 0.2) is 89.8 Å². The number of hydrogen-bond acceptors (Lipinski definition) is 14. The standard InChI is InChI=1S/C39H47NO14S/c41-19-26-29(43)31(45)33(47)36(53-26)54-34-27(20-42)52-28(30(44)32(34)46)21-55(50,51)25-13-11-22(12-14-25)35-38(37(48)40(35)24-9-5-2-6-10-24)15-17-39(49,18-16-38)23-7-3-1-4-8-23/h1-14,26-36,41-47,49H,15-21H2/t26?,27?,28-,29-,30?,31-,32+,33?,34-,35+,36-,38?,39?/m0/s1. The van der Waals surface area contributed by atoms with E-state index in [2.05, 4.69) is 0 Å². The molecule has 8 N–H and O–H groups in total. The van der Waals surface area contributed by atoms with Gasteiger partial charge >= 0.3 is 0 Å². The van der Waals surface area contributed by atoms with Crippen molar-refractivity contribution in [3.05, 3.63) is 96.1 Å². The smallest absolute Gasteiger partial charge is 0.236 e. The molecule has 7 rings (SSSR count). The molecule has 4 aliphatic rings. The van der Waals surface area contributed by atoms with Gasteiger partial charge in [-0.1, -0.05) is 60.7 Å². The van der Waals surface area contributed by atoms with Gasteiger partial charge in [0.1, 0.15) is 54.9 Å². The predicted octanol–water partition coefficient (Wildman–Crippen LogP) is -0.337. The van der Waals surface area contributed by atoms with Crippen molar-refractivity contribution in [3.8, 4) is 0 Å². The molecule has 0 radical (unpaired) electrons. The van der Waals surface area contributed by atoms with Crippen LogP contribution < -0.4 is 4.90 Å². The van der Waals surface area contributed by atoms with Crippen molar-refractivity contribution in [1.29, 1.82) is 0 Å². The van der Waals surface area contributed by atoms with E-state index in [-0.39, 0.29) is 10.8 Å². The number of anilines is 1. The first-order chi connectivity index (χ1) is 26.2. The molecule has 0 aromatic heterocycles. The van der Waals surface area contributed by atoms with Gasteiger partial charge < -0.3 is 60.0 Å². The zero-order valence-corrected chi connectivity index (χ0v) is 30.6. The van der Waals surface area contributed by atoms with Crippen LogP contribution in [0, 0.1) is 5.41 Å². The van der Waals surface area contributed by atoms with Gasteiger partial charge in [-0.2, -0.15) is 0 Å². The highest BCUT2D eigenvalue weighted by molar-refractivity contribution is 7.91. The molecule has 15 nitrogen and oxygen atoms in total. The fraction of sp³-hybridized carbons (Fsp3) is 0.513. The molecular weight excluding hydrogens is 738 g/mol. The Morgan fingerprint density at radius 3 is 1.87 bits per heavy atom. The third-order valence-corrected chi connectivity index (χ3v) is 13.5. The van der Waals surface area contributed by atoms with E-state index in [1.807, 2.05) is 60.7 Å². The normalized spacial score (nSPS) is 38.1. The Labute approximate surface area is 317 Å². The van der Waals surface area contributed by atoms with Crippen molar-refractivity contribution in [3.63, 3.8) is 0 Å². The molecule has 1 saturated carbocycles. The summed E-state index contributed by atoms with van der Waals surface area (Å²) in [6.07, 6.45) is -15.0. The number of carbonyl (C=O) groups is 1. The lowest BCUT2D eigenvalue weighted by Gasteiger charge is -2.59. The van der Waals surface area contributed by atoms with E-state index in [0.29, 0.717) is 36.9 Å². The third kappa shape index (κ3) is 7.13. The Hall–Kier alpha value is -3.36.